The quantitative estimate of drug-likeness (QED) is 0.650. The third-order valence-electron chi connectivity index (χ3n) is 2.27. The summed E-state index contributed by atoms with van der Waals surface area (Å²) in [7, 11) is 0. The normalized spacial score (nSPS) is 21.6. The van der Waals surface area contributed by atoms with Crippen LogP contribution in [0.15, 0.2) is 0 Å². The topological polar surface area (TPSA) is 87.7 Å². The fourth-order valence-corrected chi connectivity index (χ4v) is 1.55. The molecule has 2 heterocycles. The molecule has 0 aromatic carbocycles. The van der Waals surface area contributed by atoms with E-state index in [-0.39, 0.29) is 11.7 Å². The molecule has 1 unspecified atom stereocenters. The van der Waals surface area contributed by atoms with Gasteiger partial charge in [0.25, 0.3) is 0 Å². The lowest BCUT2D eigenvalue weighted by atomic mass is 10.0. The Morgan fingerprint density at radius 3 is 3.15 bits per heavy atom. The van der Waals surface area contributed by atoms with E-state index in [4.69, 9.17) is 15.7 Å². The van der Waals surface area contributed by atoms with Gasteiger partial charge in [0.2, 0.25) is 0 Å². The van der Waals surface area contributed by atoms with Gasteiger partial charge in [-0.05, 0) is 6.42 Å². The Hall–Kier alpha value is -1.54. The first-order valence-corrected chi connectivity index (χ1v) is 4.14. The molecule has 0 amide bonds. The summed E-state index contributed by atoms with van der Waals surface area (Å²) >= 11 is 0. The molecule has 0 spiro atoms. The standard InChI is InChI=1S/C8H10N4O/c9-3-6-7(11-12-8(6)10)5-1-2-13-4-5/h5H,1-2,4H2,(H3,10,11,12). The molecular weight excluding hydrogens is 168 g/mol. The molecule has 0 bridgehead atoms. The number of nitrogens with two attached hydrogens (primary N) is 1. The molecular formula is C8H10N4O. The second-order valence-corrected chi connectivity index (χ2v) is 3.07. The average Bonchev–Trinajstić information content (AvgIpc) is 2.71. The number of anilines is 1. The van der Waals surface area contributed by atoms with Gasteiger partial charge in [0.15, 0.2) is 5.82 Å². The van der Waals surface area contributed by atoms with E-state index in [2.05, 4.69) is 10.2 Å². The van der Waals surface area contributed by atoms with Gasteiger partial charge in [0.05, 0.1) is 12.3 Å². The second kappa shape index (κ2) is 3.07. The smallest absolute Gasteiger partial charge is 0.163 e. The van der Waals surface area contributed by atoms with Crippen molar-refractivity contribution in [3.63, 3.8) is 0 Å². The zero-order valence-electron chi connectivity index (χ0n) is 7.08. The maximum atomic E-state index is 8.82. The van der Waals surface area contributed by atoms with Gasteiger partial charge in [-0.2, -0.15) is 10.4 Å². The SMILES string of the molecule is N#Cc1c(N)n[nH]c1C1CCOC1. The second-order valence-electron chi connectivity index (χ2n) is 3.07. The third kappa shape index (κ3) is 1.25. The number of nitrogens with zero attached hydrogens (tertiary/aromatic N) is 2. The van der Waals surface area contributed by atoms with Crippen LogP contribution in [0.3, 0.4) is 0 Å². The van der Waals surface area contributed by atoms with Crippen LogP contribution in [0.1, 0.15) is 23.6 Å². The van der Waals surface area contributed by atoms with Gasteiger partial charge in [0.1, 0.15) is 11.6 Å². The number of ether oxygens (including phenoxy) is 1. The highest BCUT2D eigenvalue weighted by atomic mass is 16.5. The molecule has 2 rings (SSSR count). The largest absolute Gasteiger partial charge is 0.381 e. The Balaban J connectivity index is 2.34. The maximum Gasteiger partial charge on any atom is 0.163 e. The van der Waals surface area contributed by atoms with E-state index in [1.807, 2.05) is 6.07 Å². The Morgan fingerprint density at radius 1 is 1.69 bits per heavy atom. The Kier molecular flexibility index (Phi) is 1.91. The summed E-state index contributed by atoms with van der Waals surface area (Å²) in [5, 5.41) is 15.4. The number of rotatable bonds is 1. The lowest BCUT2D eigenvalue weighted by molar-refractivity contribution is 0.193. The molecule has 1 saturated heterocycles. The highest BCUT2D eigenvalue weighted by Crippen LogP contribution is 2.27. The molecule has 5 heteroatoms. The molecule has 68 valence electrons. The Bertz CT molecular complexity index is 346. The van der Waals surface area contributed by atoms with Gasteiger partial charge in [0, 0.05) is 12.5 Å². The van der Waals surface area contributed by atoms with E-state index >= 15 is 0 Å². The predicted octanol–water partition coefficient (Wildman–Crippen LogP) is 0.367. The lowest BCUT2D eigenvalue weighted by Gasteiger charge is -2.03. The highest BCUT2D eigenvalue weighted by Gasteiger charge is 2.23. The number of nitrogen functional groups attached to an aromatic ring is 1. The van der Waals surface area contributed by atoms with Gasteiger partial charge < -0.3 is 10.5 Å². The van der Waals surface area contributed by atoms with Crippen LogP contribution in [0.5, 0.6) is 0 Å². The van der Waals surface area contributed by atoms with E-state index in [1.165, 1.54) is 0 Å². The highest BCUT2D eigenvalue weighted by molar-refractivity contribution is 5.52. The first-order chi connectivity index (χ1) is 6.33. The minimum Gasteiger partial charge on any atom is -0.381 e. The van der Waals surface area contributed by atoms with Crippen LogP contribution in [0.25, 0.3) is 0 Å². The zero-order valence-corrected chi connectivity index (χ0v) is 7.08. The van der Waals surface area contributed by atoms with Crippen molar-refractivity contribution in [1.82, 2.24) is 10.2 Å². The van der Waals surface area contributed by atoms with Gasteiger partial charge in [-0.25, -0.2) is 0 Å². The minimum absolute atomic E-state index is 0.249. The summed E-state index contributed by atoms with van der Waals surface area (Å²) in [5.74, 6) is 0.531. The summed E-state index contributed by atoms with van der Waals surface area (Å²) < 4.78 is 5.22. The maximum absolute atomic E-state index is 8.82. The third-order valence-corrected chi connectivity index (χ3v) is 2.27. The van der Waals surface area contributed by atoms with Gasteiger partial charge in [-0.15, -0.1) is 0 Å². The molecule has 5 nitrogen and oxygen atoms in total. The van der Waals surface area contributed by atoms with Crippen molar-refractivity contribution in [2.45, 2.75) is 12.3 Å². The van der Waals surface area contributed by atoms with E-state index < -0.39 is 0 Å². The number of nitriles is 1. The molecule has 1 aliphatic heterocycles. The van der Waals surface area contributed by atoms with Crippen molar-refractivity contribution in [2.24, 2.45) is 0 Å². The summed E-state index contributed by atoms with van der Waals surface area (Å²) in [5.41, 5.74) is 6.80. The zero-order chi connectivity index (χ0) is 9.26. The van der Waals surface area contributed by atoms with E-state index in [1.54, 1.807) is 0 Å². The number of aromatic nitrogens is 2. The van der Waals surface area contributed by atoms with Crippen molar-refractivity contribution in [3.8, 4) is 6.07 Å². The summed E-state index contributed by atoms with van der Waals surface area (Å²) in [6.45, 7) is 1.39. The molecule has 1 aliphatic rings. The average molecular weight is 178 g/mol. The number of nitrogens with one attached hydrogen (secondary N) is 1. The van der Waals surface area contributed by atoms with Gasteiger partial charge >= 0.3 is 0 Å². The van der Waals surface area contributed by atoms with Crippen molar-refractivity contribution < 1.29 is 4.74 Å². The van der Waals surface area contributed by atoms with Crippen molar-refractivity contribution in [2.75, 3.05) is 18.9 Å². The number of aromatic amines is 1. The molecule has 13 heavy (non-hydrogen) atoms. The van der Waals surface area contributed by atoms with Gasteiger partial charge in [-0.1, -0.05) is 0 Å². The van der Waals surface area contributed by atoms with Crippen LogP contribution in [0, 0.1) is 11.3 Å². The Morgan fingerprint density at radius 2 is 2.54 bits per heavy atom. The van der Waals surface area contributed by atoms with E-state index in [0.717, 1.165) is 18.7 Å². The van der Waals surface area contributed by atoms with Gasteiger partial charge in [-0.3, -0.25) is 5.10 Å². The molecule has 1 fully saturated rings. The van der Waals surface area contributed by atoms with Crippen molar-refractivity contribution in [1.29, 1.82) is 5.26 Å². The van der Waals surface area contributed by atoms with Crippen LogP contribution in [-0.2, 0) is 4.74 Å². The molecule has 0 radical (unpaired) electrons. The van der Waals surface area contributed by atoms with Crippen LogP contribution in [0.2, 0.25) is 0 Å². The fraction of sp³-hybridized carbons (Fsp3) is 0.500. The van der Waals surface area contributed by atoms with Crippen LogP contribution >= 0.6 is 0 Å². The molecule has 3 N–H and O–H groups in total. The number of H-pyrrole nitrogens is 1. The number of hydrogen-bond donors (Lipinski definition) is 2. The summed E-state index contributed by atoms with van der Waals surface area (Å²) in [6, 6.07) is 2.05. The van der Waals surface area contributed by atoms with Crippen LogP contribution < -0.4 is 5.73 Å². The molecule has 0 aliphatic carbocycles. The summed E-state index contributed by atoms with van der Waals surface area (Å²) in [4.78, 5) is 0. The van der Waals surface area contributed by atoms with Crippen LogP contribution in [0.4, 0.5) is 5.82 Å². The minimum atomic E-state index is 0.249. The lowest BCUT2D eigenvalue weighted by Crippen LogP contribution is -2.00. The molecule has 1 atom stereocenters. The van der Waals surface area contributed by atoms with E-state index in [9.17, 15) is 0 Å². The van der Waals surface area contributed by atoms with E-state index in [0.29, 0.717) is 12.2 Å². The number of hydrogen-bond acceptors (Lipinski definition) is 4. The molecule has 0 saturated carbocycles. The van der Waals surface area contributed by atoms with Crippen molar-refractivity contribution >= 4 is 5.82 Å². The first-order valence-electron chi connectivity index (χ1n) is 4.14. The predicted molar refractivity (Wildman–Crippen MR) is 45.9 cm³/mol. The fourth-order valence-electron chi connectivity index (χ4n) is 1.55. The van der Waals surface area contributed by atoms with Crippen molar-refractivity contribution in [3.05, 3.63) is 11.3 Å². The Labute approximate surface area is 75.5 Å². The first kappa shape index (κ1) is 8.08. The molecule has 1 aromatic rings. The molecule has 1 aromatic heterocycles. The monoisotopic (exact) mass is 178 g/mol. The van der Waals surface area contributed by atoms with Crippen LogP contribution in [-0.4, -0.2) is 23.4 Å². The summed E-state index contributed by atoms with van der Waals surface area (Å²) in [6.07, 6.45) is 0.927.